The molecule has 6 rings (SSSR count). The third kappa shape index (κ3) is 2.95. The molecule has 152 valence electrons. The van der Waals surface area contributed by atoms with Gasteiger partial charge in [-0.25, -0.2) is 4.68 Å². The molecule has 4 aromatic rings. The number of anilines is 1. The number of benzene rings is 1. The van der Waals surface area contributed by atoms with Crippen LogP contribution in [0, 0.1) is 0 Å². The van der Waals surface area contributed by atoms with Crippen molar-refractivity contribution >= 4 is 16.9 Å². The van der Waals surface area contributed by atoms with Crippen LogP contribution in [0.4, 0.5) is 5.95 Å². The van der Waals surface area contributed by atoms with Gasteiger partial charge in [0.2, 0.25) is 5.95 Å². The average molecular weight is 401 g/mol. The lowest BCUT2D eigenvalue weighted by Gasteiger charge is -2.27. The molecule has 1 aliphatic carbocycles. The Hall–Kier alpha value is -3.26. The standard InChI is InChI=1S/C22H23N7O/c1-2-7-19-15(4-1)14-24-29(19)22-26-20(17-5-3-6-18-16(17)8-9-23-18)25-21(27-22)28-10-12-30-13-11-28/h3,5-6,8-9,14,23H,1-2,4,7,10-13H2. The summed E-state index contributed by atoms with van der Waals surface area (Å²) in [5.41, 5.74) is 4.60. The molecule has 2 aliphatic rings. The molecule has 0 radical (unpaired) electrons. The summed E-state index contributed by atoms with van der Waals surface area (Å²) in [7, 11) is 0. The van der Waals surface area contributed by atoms with Gasteiger partial charge in [0.25, 0.3) is 5.95 Å². The number of rotatable bonds is 3. The number of aromatic nitrogens is 6. The highest BCUT2D eigenvalue weighted by Crippen LogP contribution is 2.28. The molecule has 1 saturated heterocycles. The van der Waals surface area contributed by atoms with Gasteiger partial charge in [0.05, 0.1) is 25.1 Å². The van der Waals surface area contributed by atoms with Crippen LogP contribution in [0.25, 0.3) is 28.2 Å². The molecule has 8 heteroatoms. The number of aryl methyl sites for hydroxylation is 1. The number of hydrogen-bond acceptors (Lipinski definition) is 6. The minimum Gasteiger partial charge on any atom is -0.378 e. The van der Waals surface area contributed by atoms with Crippen LogP contribution in [0.15, 0.2) is 36.7 Å². The number of aromatic amines is 1. The van der Waals surface area contributed by atoms with Crippen molar-refractivity contribution in [2.45, 2.75) is 25.7 Å². The quantitative estimate of drug-likeness (QED) is 0.568. The highest BCUT2D eigenvalue weighted by molar-refractivity contribution is 5.93. The summed E-state index contributed by atoms with van der Waals surface area (Å²) in [6, 6.07) is 8.23. The van der Waals surface area contributed by atoms with E-state index in [0.717, 1.165) is 42.4 Å². The molecular weight excluding hydrogens is 378 g/mol. The van der Waals surface area contributed by atoms with Crippen LogP contribution in [0.3, 0.4) is 0 Å². The van der Waals surface area contributed by atoms with Gasteiger partial charge in [0, 0.05) is 35.8 Å². The largest absolute Gasteiger partial charge is 0.378 e. The monoisotopic (exact) mass is 401 g/mol. The highest BCUT2D eigenvalue weighted by Gasteiger charge is 2.22. The van der Waals surface area contributed by atoms with Crippen molar-refractivity contribution in [1.29, 1.82) is 0 Å². The van der Waals surface area contributed by atoms with Crippen molar-refractivity contribution in [3.63, 3.8) is 0 Å². The smallest absolute Gasteiger partial charge is 0.256 e. The van der Waals surface area contributed by atoms with Crippen LogP contribution < -0.4 is 4.90 Å². The fourth-order valence-corrected chi connectivity index (χ4v) is 4.42. The molecule has 1 fully saturated rings. The summed E-state index contributed by atoms with van der Waals surface area (Å²) in [4.78, 5) is 20.0. The van der Waals surface area contributed by atoms with E-state index >= 15 is 0 Å². The molecule has 4 heterocycles. The Balaban J connectivity index is 1.53. The molecule has 0 atom stereocenters. The zero-order valence-corrected chi connectivity index (χ0v) is 16.7. The first kappa shape index (κ1) is 17.6. The minimum atomic E-state index is 0.595. The number of H-pyrrole nitrogens is 1. The second-order valence-electron chi connectivity index (χ2n) is 7.84. The van der Waals surface area contributed by atoms with Gasteiger partial charge in [0.1, 0.15) is 0 Å². The molecule has 0 saturated carbocycles. The van der Waals surface area contributed by atoms with E-state index in [1.165, 1.54) is 24.1 Å². The fourth-order valence-electron chi connectivity index (χ4n) is 4.42. The zero-order valence-electron chi connectivity index (χ0n) is 16.7. The van der Waals surface area contributed by atoms with Gasteiger partial charge >= 0.3 is 0 Å². The molecule has 0 unspecified atom stereocenters. The van der Waals surface area contributed by atoms with Crippen LogP contribution in [0.5, 0.6) is 0 Å². The lowest BCUT2D eigenvalue weighted by Crippen LogP contribution is -2.37. The molecule has 1 aromatic carbocycles. The number of fused-ring (bicyclic) bond motifs is 2. The van der Waals surface area contributed by atoms with Crippen LogP contribution in [-0.4, -0.2) is 56.0 Å². The van der Waals surface area contributed by atoms with E-state index in [2.05, 4.69) is 33.2 Å². The summed E-state index contributed by atoms with van der Waals surface area (Å²) in [5.74, 6) is 1.95. The Morgan fingerprint density at radius 2 is 1.80 bits per heavy atom. The van der Waals surface area contributed by atoms with E-state index in [4.69, 9.17) is 19.7 Å². The summed E-state index contributed by atoms with van der Waals surface area (Å²) in [6.45, 7) is 2.91. The van der Waals surface area contributed by atoms with E-state index in [1.807, 2.05) is 23.1 Å². The number of hydrogen-bond donors (Lipinski definition) is 1. The SMILES string of the molecule is c1cc(-c2nc(N3CCOCC3)nc(-n3ncc4c3CCCC4)n2)c2cc[nH]c2c1. The number of ether oxygens (including phenoxy) is 1. The maximum absolute atomic E-state index is 5.53. The molecule has 0 bridgehead atoms. The Labute approximate surface area is 173 Å². The normalized spacial score (nSPS) is 16.7. The second-order valence-corrected chi connectivity index (χ2v) is 7.84. The summed E-state index contributed by atoms with van der Waals surface area (Å²) in [5, 5.41) is 5.76. The summed E-state index contributed by atoms with van der Waals surface area (Å²) < 4.78 is 7.44. The van der Waals surface area contributed by atoms with Crippen LogP contribution >= 0.6 is 0 Å². The molecule has 1 aliphatic heterocycles. The Kier molecular flexibility index (Phi) is 4.23. The van der Waals surface area contributed by atoms with Crippen molar-refractivity contribution in [2.24, 2.45) is 0 Å². The third-order valence-corrected chi connectivity index (χ3v) is 6.00. The lowest BCUT2D eigenvalue weighted by molar-refractivity contribution is 0.122. The predicted octanol–water partition coefficient (Wildman–Crippen LogP) is 2.92. The first-order chi connectivity index (χ1) is 14.9. The molecule has 0 spiro atoms. The van der Waals surface area contributed by atoms with E-state index in [-0.39, 0.29) is 0 Å². The maximum atomic E-state index is 5.53. The number of morpholine rings is 1. The summed E-state index contributed by atoms with van der Waals surface area (Å²) in [6.07, 6.45) is 8.40. The second kappa shape index (κ2) is 7.21. The van der Waals surface area contributed by atoms with Crippen molar-refractivity contribution in [2.75, 3.05) is 31.2 Å². The van der Waals surface area contributed by atoms with Crippen molar-refractivity contribution in [3.05, 3.63) is 47.9 Å². The number of nitrogens with one attached hydrogen (secondary N) is 1. The molecule has 3 aromatic heterocycles. The van der Waals surface area contributed by atoms with E-state index in [1.54, 1.807) is 0 Å². The van der Waals surface area contributed by atoms with Gasteiger partial charge in [0.15, 0.2) is 5.82 Å². The fraction of sp³-hybridized carbons (Fsp3) is 0.364. The zero-order chi connectivity index (χ0) is 19.9. The Morgan fingerprint density at radius 1 is 0.933 bits per heavy atom. The van der Waals surface area contributed by atoms with Gasteiger partial charge in [-0.2, -0.15) is 20.1 Å². The van der Waals surface area contributed by atoms with Crippen LogP contribution in [0.1, 0.15) is 24.1 Å². The highest BCUT2D eigenvalue weighted by atomic mass is 16.5. The van der Waals surface area contributed by atoms with E-state index in [0.29, 0.717) is 30.9 Å². The molecule has 30 heavy (non-hydrogen) atoms. The maximum Gasteiger partial charge on any atom is 0.256 e. The van der Waals surface area contributed by atoms with Crippen molar-refractivity contribution in [1.82, 2.24) is 29.7 Å². The van der Waals surface area contributed by atoms with Gasteiger partial charge in [-0.3, -0.25) is 0 Å². The molecule has 8 nitrogen and oxygen atoms in total. The Bertz CT molecular complexity index is 1210. The van der Waals surface area contributed by atoms with Gasteiger partial charge in [-0.15, -0.1) is 0 Å². The van der Waals surface area contributed by atoms with Gasteiger partial charge in [-0.05, 0) is 43.4 Å². The lowest BCUT2D eigenvalue weighted by atomic mass is 9.98. The van der Waals surface area contributed by atoms with E-state index in [9.17, 15) is 0 Å². The van der Waals surface area contributed by atoms with Crippen molar-refractivity contribution in [3.8, 4) is 17.3 Å². The predicted molar refractivity (Wildman–Crippen MR) is 114 cm³/mol. The third-order valence-electron chi connectivity index (χ3n) is 6.00. The summed E-state index contributed by atoms with van der Waals surface area (Å²) >= 11 is 0. The molecular formula is C22H23N7O. The van der Waals surface area contributed by atoms with Crippen LogP contribution in [-0.2, 0) is 17.6 Å². The topological polar surface area (TPSA) is 84.8 Å². The molecule has 1 N–H and O–H groups in total. The first-order valence-corrected chi connectivity index (χ1v) is 10.6. The van der Waals surface area contributed by atoms with Gasteiger partial charge < -0.3 is 14.6 Å². The molecule has 0 amide bonds. The average Bonchev–Trinajstić information content (AvgIpc) is 3.46. The minimum absolute atomic E-state index is 0.595. The van der Waals surface area contributed by atoms with Gasteiger partial charge in [-0.1, -0.05) is 12.1 Å². The Morgan fingerprint density at radius 3 is 2.73 bits per heavy atom. The van der Waals surface area contributed by atoms with Crippen LogP contribution in [0.2, 0.25) is 0 Å². The number of nitrogens with zero attached hydrogens (tertiary/aromatic N) is 6. The first-order valence-electron chi connectivity index (χ1n) is 10.6. The van der Waals surface area contributed by atoms with Crippen molar-refractivity contribution < 1.29 is 4.74 Å². The van der Waals surface area contributed by atoms with E-state index < -0.39 is 0 Å².